The summed E-state index contributed by atoms with van der Waals surface area (Å²) < 4.78 is 5.14. The quantitative estimate of drug-likeness (QED) is 0.787. The van der Waals surface area contributed by atoms with E-state index in [9.17, 15) is 9.59 Å². The lowest BCUT2D eigenvalue weighted by Crippen LogP contribution is -2.41. The first-order valence-electron chi connectivity index (χ1n) is 9.22. The van der Waals surface area contributed by atoms with Gasteiger partial charge in [0.15, 0.2) is 0 Å². The van der Waals surface area contributed by atoms with Crippen LogP contribution < -0.4 is 5.32 Å². The van der Waals surface area contributed by atoms with E-state index < -0.39 is 6.09 Å². The Kier molecular flexibility index (Phi) is 7.62. The van der Waals surface area contributed by atoms with Gasteiger partial charge in [-0.15, -0.1) is 0 Å². The van der Waals surface area contributed by atoms with Gasteiger partial charge in [0.05, 0.1) is 0 Å². The highest BCUT2D eigenvalue weighted by atomic mass is 35.5. The number of hydrogen-bond acceptors (Lipinski definition) is 4. The fourth-order valence-electron chi connectivity index (χ4n) is 3.04. The normalized spacial score (nSPS) is 16.9. The van der Waals surface area contributed by atoms with E-state index in [1.165, 1.54) is 0 Å². The van der Waals surface area contributed by atoms with Gasteiger partial charge < -0.3 is 15.0 Å². The maximum absolute atomic E-state index is 12.5. The van der Waals surface area contributed by atoms with Crippen LogP contribution in [-0.4, -0.2) is 42.3 Å². The second-order valence-corrected chi connectivity index (χ2v) is 8.18. The Morgan fingerprint density at radius 1 is 1.11 bits per heavy atom. The molecule has 0 spiro atoms. The highest BCUT2D eigenvalue weighted by molar-refractivity contribution is 7.99. The molecule has 2 amide bonds. The number of alkyl carbamates (subject to hydrolysis) is 1. The van der Waals surface area contributed by atoms with Crippen molar-refractivity contribution < 1.29 is 14.3 Å². The van der Waals surface area contributed by atoms with Crippen LogP contribution in [0.25, 0.3) is 0 Å². The van der Waals surface area contributed by atoms with Crippen LogP contribution in [0.3, 0.4) is 0 Å². The zero-order valence-electron chi connectivity index (χ0n) is 15.5. The Balaban J connectivity index is 1.43. The van der Waals surface area contributed by atoms with Crippen LogP contribution in [0, 0.1) is 0 Å². The summed E-state index contributed by atoms with van der Waals surface area (Å²) in [7, 11) is 0. The lowest BCUT2D eigenvalue weighted by Gasteiger charge is -2.20. The molecule has 1 unspecified atom stereocenters. The fraction of sp³-hybridized carbons (Fsp3) is 0.333. The summed E-state index contributed by atoms with van der Waals surface area (Å²) in [5.41, 5.74) is 2.02. The van der Waals surface area contributed by atoms with Crippen LogP contribution >= 0.6 is 23.4 Å². The van der Waals surface area contributed by atoms with Crippen molar-refractivity contribution in [3.8, 4) is 0 Å². The second kappa shape index (κ2) is 10.4. The number of halogens is 1. The van der Waals surface area contributed by atoms with Gasteiger partial charge in [-0.25, -0.2) is 4.79 Å². The van der Waals surface area contributed by atoms with Gasteiger partial charge >= 0.3 is 6.09 Å². The third-order valence-electron chi connectivity index (χ3n) is 4.54. The van der Waals surface area contributed by atoms with Gasteiger partial charge in [-0.05, 0) is 23.6 Å². The van der Waals surface area contributed by atoms with E-state index in [-0.39, 0.29) is 24.3 Å². The summed E-state index contributed by atoms with van der Waals surface area (Å²) in [4.78, 5) is 26.1. The van der Waals surface area contributed by atoms with Crippen molar-refractivity contribution in [2.45, 2.75) is 18.3 Å². The highest BCUT2D eigenvalue weighted by Crippen LogP contribution is 2.37. The Morgan fingerprint density at radius 2 is 1.86 bits per heavy atom. The predicted molar refractivity (Wildman–Crippen MR) is 112 cm³/mol. The third kappa shape index (κ3) is 5.91. The summed E-state index contributed by atoms with van der Waals surface area (Å²) in [5.74, 6) is 0.733. The molecule has 7 heteroatoms. The zero-order valence-corrected chi connectivity index (χ0v) is 17.0. The van der Waals surface area contributed by atoms with Crippen molar-refractivity contribution in [3.05, 3.63) is 70.7 Å². The smallest absolute Gasteiger partial charge is 0.407 e. The van der Waals surface area contributed by atoms with E-state index in [1.807, 2.05) is 66.4 Å². The largest absolute Gasteiger partial charge is 0.445 e. The molecule has 28 heavy (non-hydrogen) atoms. The Hall–Kier alpha value is -2.18. The molecular formula is C21H23ClN2O3S. The number of nitrogens with one attached hydrogen (secondary N) is 1. The summed E-state index contributed by atoms with van der Waals surface area (Å²) in [5, 5.41) is 3.58. The summed E-state index contributed by atoms with van der Waals surface area (Å²) in [6.07, 6.45) is 0.244. The maximum Gasteiger partial charge on any atom is 0.407 e. The lowest BCUT2D eigenvalue weighted by molar-refractivity contribution is -0.129. The van der Waals surface area contributed by atoms with Crippen LogP contribution in [-0.2, 0) is 16.1 Å². The third-order valence-corrected chi connectivity index (χ3v) is 6.20. The molecule has 3 rings (SSSR count). The minimum atomic E-state index is -0.588. The van der Waals surface area contributed by atoms with Gasteiger partial charge in [-0.1, -0.05) is 60.1 Å². The number of hydrogen-bond donors (Lipinski definition) is 1. The van der Waals surface area contributed by atoms with Gasteiger partial charge in [0.25, 0.3) is 0 Å². The van der Waals surface area contributed by atoms with Crippen molar-refractivity contribution in [1.29, 1.82) is 0 Å². The molecular weight excluding hydrogens is 396 g/mol. The molecule has 2 aromatic carbocycles. The molecule has 0 bridgehead atoms. The van der Waals surface area contributed by atoms with Crippen molar-refractivity contribution >= 4 is 35.4 Å². The van der Waals surface area contributed by atoms with Crippen molar-refractivity contribution in [2.24, 2.45) is 0 Å². The number of carbonyl (C=O) groups is 2. The first-order chi connectivity index (χ1) is 13.6. The van der Waals surface area contributed by atoms with Gasteiger partial charge in [-0.3, -0.25) is 4.79 Å². The molecule has 1 heterocycles. The molecule has 0 radical (unpaired) electrons. The van der Waals surface area contributed by atoms with Crippen LogP contribution in [0.15, 0.2) is 54.6 Å². The number of benzene rings is 2. The second-order valence-electron chi connectivity index (χ2n) is 6.47. The van der Waals surface area contributed by atoms with E-state index >= 15 is 0 Å². The average Bonchev–Trinajstić information content (AvgIpc) is 2.98. The SMILES string of the molecule is O=C(NCC(=O)N1CCSC(c2ccccc2Cl)CC1)OCc1ccccc1. The molecule has 148 valence electrons. The summed E-state index contributed by atoms with van der Waals surface area (Å²) in [6, 6.07) is 17.3. The molecule has 0 aromatic heterocycles. The van der Waals surface area contributed by atoms with E-state index in [0.717, 1.165) is 28.3 Å². The van der Waals surface area contributed by atoms with E-state index in [4.69, 9.17) is 16.3 Å². The van der Waals surface area contributed by atoms with Gasteiger partial charge in [0.1, 0.15) is 13.2 Å². The first-order valence-corrected chi connectivity index (χ1v) is 10.6. The molecule has 1 N–H and O–H groups in total. The monoisotopic (exact) mass is 418 g/mol. The number of carbonyl (C=O) groups excluding carboxylic acids is 2. The Morgan fingerprint density at radius 3 is 2.64 bits per heavy atom. The number of thioether (sulfide) groups is 1. The topological polar surface area (TPSA) is 58.6 Å². The van der Waals surface area contributed by atoms with Crippen LogP contribution in [0.4, 0.5) is 4.79 Å². The summed E-state index contributed by atoms with van der Waals surface area (Å²) >= 11 is 8.13. The molecule has 1 aliphatic rings. The van der Waals surface area contributed by atoms with Crippen LogP contribution in [0.2, 0.25) is 5.02 Å². The lowest BCUT2D eigenvalue weighted by atomic mass is 10.1. The van der Waals surface area contributed by atoms with Gasteiger partial charge in [-0.2, -0.15) is 11.8 Å². The Labute approximate surface area is 174 Å². The molecule has 2 aromatic rings. The van der Waals surface area contributed by atoms with E-state index in [1.54, 1.807) is 4.90 Å². The molecule has 1 saturated heterocycles. The van der Waals surface area contributed by atoms with E-state index in [2.05, 4.69) is 5.32 Å². The molecule has 0 saturated carbocycles. The minimum absolute atomic E-state index is 0.0605. The average molecular weight is 419 g/mol. The molecule has 1 aliphatic heterocycles. The van der Waals surface area contributed by atoms with Crippen LogP contribution in [0.1, 0.15) is 22.8 Å². The van der Waals surface area contributed by atoms with Gasteiger partial charge in [0, 0.05) is 29.1 Å². The number of rotatable bonds is 5. The molecule has 0 aliphatic carbocycles. The molecule has 1 fully saturated rings. The number of ether oxygens (including phenoxy) is 1. The fourth-order valence-corrected chi connectivity index (χ4v) is 4.64. The number of amides is 2. The maximum atomic E-state index is 12.5. The number of nitrogens with zero attached hydrogens (tertiary/aromatic N) is 1. The molecule has 5 nitrogen and oxygen atoms in total. The van der Waals surface area contributed by atoms with Crippen LogP contribution in [0.5, 0.6) is 0 Å². The van der Waals surface area contributed by atoms with E-state index in [0.29, 0.717) is 13.1 Å². The zero-order chi connectivity index (χ0) is 19.8. The highest BCUT2D eigenvalue weighted by Gasteiger charge is 2.23. The Bertz CT molecular complexity index is 803. The van der Waals surface area contributed by atoms with Gasteiger partial charge in [0.2, 0.25) is 5.91 Å². The van der Waals surface area contributed by atoms with Crippen molar-refractivity contribution in [1.82, 2.24) is 10.2 Å². The van der Waals surface area contributed by atoms with Crippen molar-refractivity contribution in [3.63, 3.8) is 0 Å². The predicted octanol–water partition coefficient (Wildman–Crippen LogP) is 4.27. The molecule has 1 atom stereocenters. The minimum Gasteiger partial charge on any atom is -0.445 e. The standard InChI is InChI=1S/C21H23ClN2O3S/c22-18-9-5-4-8-17(18)19-10-11-24(12-13-28-19)20(25)14-23-21(26)27-15-16-6-2-1-3-7-16/h1-9,19H,10-15H2,(H,23,26). The van der Waals surface area contributed by atoms with Crippen molar-refractivity contribution in [2.75, 3.05) is 25.4 Å². The first kappa shape index (κ1) is 20.6. The summed E-state index contributed by atoms with van der Waals surface area (Å²) in [6.45, 7) is 1.42.